The minimum absolute atomic E-state index is 0. The van der Waals surface area contributed by atoms with E-state index in [1.165, 1.54) is 0 Å². The van der Waals surface area contributed by atoms with Crippen molar-refractivity contribution in [1.29, 1.82) is 0 Å². The van der Waals surface area contributed by atoms with Gasteiger partial charge in [0.1, 0.15) is 0 Å². The van der Waals surface area contributed by atoms with Gasteiger partial charge in [-0.1, -0.05) is 4.73 Å². The molecule has 0 radical (unpaired) electrons. The van der Waals surface area contributed by atoms with Gasteiger partial charge in [-0.25, -0.2) is 4.57 Å². The van der Waals surface area contributed by atoms with Crippen LogP contribution in [0.3, 0.4) is 0 Å². The van der Waals surface area contributed by atoms with Gasteiger partial charge in [-0.05, 0) is 4.53 Å². The molecule has 4 nitrogen and oxygen atoms in total. The predicted octanol–water partition coefficient (Wildman–Crippen LogP) is -0.0198. The topological polar surface area (TPSA) is 66.8 Å². The fraction of sp³-hybridized carbons (Fsp3) is 0. The minimum Gasteiger partial charge on any atom is -0.301 e. The molecule has 0 aromatic rings. The summed E-state index contributed by atoms with van der Waals surface area (Å²) < 4.78 is 21.4. The average Bonchev–Trinajstić information content (AvgIpc) is 1.35. The molecule has 0 aliphatic carbocycles. The van der Waals surface area contributed by atoms with Gasteiger partial charge in [-0.3, -0.25) is 0 Å². The second-order valence-corrected chi connectivity index (χ2v) is 1.68. The summed E-state index contributed by atoms with van der Waals surface area (Å²) in [5.74, 6) is 0. The van der Waals surface area contributed by atoms with Crippen LogP contribution in [0.1, 0.15) is 0 Å². The van der Waals surface area contributed by atoms with Crippen LogP contribution in [0, 0.1) is 40.8 Å². The maximum absolute atomic E-state index is 10.2. The monoisotopic (exact) mass is 258 g/mol. The van der Waals surface area contributed by atoms with E-state index in [4.69, 9.17) is 14.4 Å². The molecule has 7 heavy (non-hydrogen) atoms. The summed E-state index contributed by atoms with van der Waals surface area (Å²) in [6, 6.07) is 0. The van der Waals surface area contributed by atoms with E-state index in [2.05, 4.69) is 4.73 Å². The summed E-state index contributed by atoms with van der Waals surface area (Å²) in [5, 5.41) is 0. The fourth-order valence-corrected chi connectivity index (χ4v) is 0. The van der Waals surface area contributed by atoms with Crippen molar-refractivity contribution in [2.75, 3.05) is 0 Å². The Morgan fingerprint density at radius 1 is 1.57 bits per heavy atom. The Labute approximate surface area is 71.7 Å². The third-order valence-electron chi connectivity index (χ3n) is 0.0899. The third kappa shape index (κ3) is 11.1. The van der Waals surface area contributed by atoms with Crippen molar-refractivity contribution in [3.8, 4) is 0 Å². The van der Waals surface area contributed by atoms with E-state index in [1.807, 2.05) is 0 Å². The van der Waals surface area contributed by atoms with Crippen LogP contribution in [0.4, 0.5) is 4.53 Å². The van der Waals surface area contributed by atoms with Crippen LogP contribution >= 0.6 is 7.82 Å². The van der Waals surface area contributed by atoms with Gasteiger partial charge in [0, 0.05) is 40.8 Å². The predicted molar refractivity (Wildman–Crippen MR) is 14.2 cm³/mol. The molecule has 0 rings (SSSR count). The zero-order valence-corrected chi connectivity index (χ0v) is 7.14. The molecule has 0 heterocycles. The molecule has 0 unspecified atom stereocenters. The van der Waals surface area contributed by atoms with Crippen LogP contribution in [-0.2, 0) is 9.29 Å². The molecule has 0 aliphatic heterocycles. The molecule has 42 valence electrons. The Bertz CT molecular complexity index is 75.8. The minimum atomic E-state index is -4.81. The summed E-state index contributed by atoms with van der Waals surface area (Å²) >= 11 is 0. The maximum Gasteiger partial charge on any atom is 0.500 e. The number of rotatable bonds is 1. The summed E-state index contributed by atoms with van der Waals surface area (Å²) in [5.41, 5.74) is 0. The normalized spacial score (nSPS) is 10.1. The molecule has 2 N–H and O–H groups in total. The number of halogens is 1. The van der Waals surface area contributed by atoms with Gasteiger partial charge >= 0.3 is 7.82 Å². The van der Waals surface area contributed by atoms with Crippen LogP contribution in [0.5, 0.6) is 0 Å². The number of hydrogen-bond donors (Lipinski definition) is 2. The van der Waals surface area contributed by atoms with E-state index < -0.39 is 7.82 Å². The van der Waals surface area contributed by atoms with Crippen LogP contribution < -0.4 is 0 Å². The van der Waals surface area contributed by atoms with Gasteiger partial charge in [-0.2, -0.15) is 0 Å². The summed E-state index contributed by atoms with van der Waals surface area (Å²) in [6.45, 7) is 0. The van der Waals surface area contributed by atoms with Crippen molar-refractivity contribution in [2.45, 2.75) is 0 Å². The van der Waals surface area contributed by atoms with E-state index in [9.17, 15) is 4.53 Å². The van der Waals surface area contributed by atoms with Crippen LogP contribution in [0.2, 0.25) is 0 Å². The van der Waals surface area contributed by atoms with Crippen LogP contribution in [-0.4, -0.2) is 9.79 Å². The molecule has 0 aromatic carbocycles. The van der Waals surface area contributed by atoms with E-state index in [0.717, 1.165) is 0 Å². The summed E-state index contributed by atoms with van der Waals surface area (Å²) in [7, 11) is -4.81. The van der Waals surface area contributed by atoms with Gasteiger partial charge in [0.05, 0.1) is 0 Å². The molecule has 7 heteroatoms. The molecule has 0 atom stereocenters. The molecule has 0 aliphatic rings. The zero-order valence-electron chi connectivity index (χ0n) is 3.04. The van der Waals surface area contributed by atoms with Gasteiger partial charge in [0.25, 0.3) is 0 Å². The Kier molecular flexibility index (Phi) is 6.87. The Balaban J connectivity index is 0. The molecule has 0 saturated heterocycles. The van der Waals surface area contributed by atoms with Crippen LogP contribution in [0.15, 0.2) is 0 Å². The quantitative estimate of drug-likeness (QED) is 0.650. The van der Waals surface area contributed by atoms with E-state index >= 15 is 0 Å². The van der Waals surface area contributed by atoms with Crippen molar-refractivity contribution in [3.05, 3.63) is 0 Å². The SMILES string of the molecule is O=P(O)(O)OF.[Nd]. The summed E-state index contributed by atoms with van der Waals surface area (Å²) in [6.07, 6.45) is 0. The Morgan fingerprint density at radius 3 is 1.71 bits per heavy atom. The van der Waals surface area contributed by atoms with Gasteiger partial charge in [0.2, 0.25) is 0 Å². The van der Waals surface area contributed by atoms with Crippen molar-refractivity contribution < 1.29 is 64.4 Å². The van der Waals surface area contributed by atoms with E-state index in [1.54, 1.807) is 0 Å². The van der Waals surface area contributed by atoms with Crippen molar-refractivity contribution in [2.24, 2.45) is 0 Å². The van der Waals surface area contributed by atoms with Gasteiger partial charge in [0.15, 0.2) is 0 Å². The first-order valence-electron chi connectivity index (χ1n) is 0.919. The van der Waals surface area contributed by atoms with Crippen LogP contribution in [0.25, 0.3) is 0 Å². The first-order chi connectivity index (χ1) is 2.56. The van der Waals surface area contributed by atoms with Gasteiger partial charge in [-0.15, -0.1) is 0 Å². The second kappa shape index (κ2) is 4.29. The largest absolute Gasteiger partial charge is 0.500 e. The maximum atomic E-state index is 10.2. The Hall–Kier alpha value is 1.39. The van der Waals surface area contributed by atoms with Gasteiger partial charge < -0.3 is 9.79 Å². The van der Waals surface area contributed by atoms with Crippen molar-refractivity contribution >= 4 is 7.82 Å². The third-order valence-corrected chi connectivity index (χ3v) is 0.270. The number of hydrogen-bond acceptors (Lipinski definition) is 2. The molecule has 0 amide bonds. The standard InChI is InChI=1S/FH2O4P.Nd/c1-5-6(2,3)4;/h(H2,2,3,4);. The first-order valence-corrected chi connectivity index (χ1v) is 2.45. The van der Waals surface area contributed by atoms with E-state index in [0.29, 0.717) is 0 Å². The Morgan fingerprint density at radius 2 is 1.71 bits per heavy atom. The molecule has 0 saturated carbocycles. The molecule has 0 fully saturated rings. The van der Waals surface area contributed by atoms with Crippen molar-refractivity contribution in [3.63, 3.8) is 0 Å². The number of phosphoric acid groups is 1. The molecular formula is H2FNdO4P. The molecular weight excluding hydrogens is 258 g/mol. The zero-order chi connectivity index (χ0) is 5.21. The molecule has 0 spiro atoms. The first kappa shape index (κ1) is 11.2. The second-order valence-electron chi connectivity index (χ2n) is 0.560. The van der Waals surface area contributed by atoms with Crippen molar-refractivity contribution in [1.82, 2.24) is 0 Å². The fourth-order valence-electron chi connectivity index (χ4n) is 0. The molecule has 0 bridgehead atoms. The smallest absolute Gasteiger partial charge is 0.301 e. The molecule has 0 aromatic heterocycles. The summed E-state index contributed by atoms with van der Waals surface area (Å²) in [4.78, 5) is 14.7. The average molecular weight is 260 g/mol. The van der Waals surface area contributed by atoms with E-state index in [-0.39, 0.29) is 40.8 Å².